The first-order chi connectivity index (χ1) is 12.4. The molecule has 0 radical (unpaired) electrons. The van der Waals surface area contributed by atoms with Gasteiger partial charge in [-0.25, -0.2) is 9.82 Å². The number of benzene rings is 2. The molecule has 0 saturated carbocycles. The molecule has 0 aromatic heterocycles. The van der Waals surface area contributed by atoms with E-state index in [-0.39, 0.29) is 17.2 Å². The highest BCUT2D eigenvalue weighted by molar-refractivity contribution is 6.32. The molecule has 0 aliphatic rings. The van der Waals surface area contributed by atoms with E-state index in [0.717, 1.165) is 12.5 Å². The molecule has 0 unspecified atom stereocenters. The zero-order chi connectivity index (χ0) is 19.1. The van der Waals surface area contributed by atoms with E-state index in [1.54, 1.807) is 24.3 Å². The lowest BCUT2D eigenvalue weighted by molar-refractivity contribution is 0.0951. The van der Waals surface area contributed by atoms with Crippen molar-refractivity contribution in [2.24, 2.45) is 5.10 Å². The molecule has 1 N–H and O–H groups in total. The number of hydrogen-bond acceptors (Lipinski definition) is 4. The first-order valence-corrected chi connectivity index (χ1v) is 8.31. The van der Waals surface area contributed by atoms with Gasteiger partial charge in [-0.15, -0.1) is 0 Å². The van der Waals surface area contributed by atoms with Crippen molar-refractivity contribution >= 4 is 23.7 Å². The number of hydrazone groups is 1. The second-order valence-electron chi connectivity index (χ2n) is 5.53. The standard InChI is InChI=1S/C19H17ClFN3O2/c1-3-12(2)26-18-7-5-14(8-16(18)20)11-23-24-19(25)15-6-4-13(10-22)9-17(15)21/h4-9,11-12H,3H2,1-2H3,(H,24,25)/b23-11-/t12-/m0/s1. The number of nitrogens with zero attached hydrogens (tertiary/aromatic N) is 2. The fourth-order valence-corrected chi connectivity index (χ4v) is 2.22. The second kappa shape index (κ2) is 8.97. The molecule has 1 atom stereocenters. The normalized spacial score (nSPS) is 11.8. The number of nitrogens with one attached hydrogen (secondary N) is 1. The molecule has 2 aromatic carbocycles. The van der Waals surface area contributed by atoms with Crippen LogP contribution in [0.25, 0.3) is 0 Å². The van der Waals surface area contributed by atoms with Crippen molar-refractivity contribution in [1.29, 1.82) is 5.26 Å². The van der Waals surface area contributed by atoms with Crippen molar-refractivity contribution in [3.05, 3.63) is 63.9 Å². The number of hydrogen-bond donors (Lipinski definition) is 1. The Morgan fingerprint density at radius 3 is 2.81 bits per heavy atom. The van der Waals surface area contributed by atoms with E-state index in [2.05, 4.69) is 10.5 Å². The molecular formula is C19H17ClFN3O2. The van der Waals surface area contributed by atoms with Crippen LogP contribution < -0.4 is 10.2 Å². The number of carbonyl (C=O) groups is 1. The highest BCUT2D eigenvalue weighted by Crippen LogP contribution is 2.26. The first kappa shape index (κ1) is 19.4. The largest absolute Gasteiger partial charge is 0.489 e. The van der Waals surface area contributed by atoms with Crippen LogP contribution in [0.15, 0.2) is 41.5 Å². The minimum absolute atomic E-state index is 0.0497. The zero-order valence-corrected chi connectivity index (χ0v) is 15.0. The molecular weight excluding hydrogens is 357 g/mol. The van der Waals surface area contributed by atoms with Crippen LogP contribution in [-0.4, -0.2) is 18.2 Å². The maximum absolute atomic E-state index is 13.8. The average molecular weight is 374 g/mol. The predicted octanol–water partition coefficient (Wildman–Crippen LogP) is 4.29. The summed E-state index contributed by atoms with van der Waals surface area (Å²) in [6, 6.07) is 10.5. The summed E-state index contributed by atoms with van der Waals surface area (Å²) < 4.78 is 19.4. The molecule has 0 aliphatic heterocycles. The van der Waals surface area contributed by atoms with Gasteiger partial charge in [0.1, 0.15) is 11.6 Å². The van der Waals surface area contributed by atoms with Crippen LogP contribution in [0.3, 0.4) is 0 Å². The monoisotopic (exact) mass is 373 g/mol. The van der Waals surface area contributed by atoms with Crippen LogP contribution in [0.2, 0.25) is 5.02 Å². The molecule has 2 aromatic rings. The van der Waals surface area contributed by atoms with Gasteiger partial charge in [0.2, 0.25) is 0 Å². The molecule has 26 heavy (non-hydrogen) atoms. The molecule has 1 amide bonds. The number of rotatable bonds is 6. The van der Waals surface area contributed by atoms with Crippen molar-refractivity contribution in [2.75, 3.05) is 0 Å². The number of amides is 1. The molecule has 7 heteroatoms. The van der Waals surface area contributed by atoms with Gasteiger partial charge in [0.15, 0.2) is 0 Å². The summed E-state index contributed by atoms with van der Waals surface area (Å²) in [5.41, 5.74) is 2.82. The summed E-state index contributed by atoms with van der Waals surface area (Å²) in [5, 5.41) is 12.9. The lowest BCUT2D eigenvalue weighted by Gasteiger charge is -2.13. The van der Waals surface area contributed by atoms with Gasteiger partial charge in [0.05, 0.1) is 34.5 Å². The maximum atomic E-state index is 13.8. The summed E-state index contributed by atoms with van der Waals surface area (Å²) in [4.78, 5) is 11.9. The Morgan fingerprint density at radius 1 is 1.42 bits per heavy atom. The van der Waals surface area contributed by atoms with Crippen molar-refractivity contribution in [2.45, 2.75) is 26.4 Å². The minimum Gasteiger partial charge on any atom is -0.489 e. The fraction of sp³-hybridized carbons (Fsp3) is 0.211. The highest BCUT2D eigenvalue weighted by Gasteiger charge is 2.11. The van der Waals surface area contributed by atoms with Crippen LogP contribution in [0, 0.1) is 17.1 Å². The molecule has 0 saturated heterocycles. The second-order valence-corrected chi connectivity index (χ2v) is 5.94. The predicted molar refractivity (Wildman–Crippen MR) is 98.0 cm³/mol. The maximum Gasteiger partial charge on any atom is 0.274 e. The van der Waals surface area contributed by atoms with Gasteiger partial charge in [0, 0.05) is 0 Å². The summed E-state index contributed by atoms with van der Waals surface area (Å²) >= 11 is 6.17. The van der Waals surface area contributed by atoms with Crippen LogP contribution in [0.1, 0.15) is 41.8 Å². The van der Waals surface area contributed by atoms with E-state index in [0.29, 0.717) is 16.3 Å². The van der Waals surface area contributed by atoms with Crippen LogP contribution >= 0.6 is 11.6 Å². The SMILES string of the molecule is CC[C@H](C)Oc1ccc(/C=N\NC(=O)c2ccc(C#N)cc2F)cc1Cl. The van der Waals surface area contributed by atoms with E-state index in [1.807, 2.05) is 13.8 Å². The molecule has 0 heterocycles. The molecule has 2 rings (SSSR count). The van der Waals surface area contributed by atoms with E-state index in [1.165, 1.54) is 18.3 Å². The molecule has 0 bridgehead atoms. The first-order valence-electron chi connectivity index (χ1n) is 7.93. The lowest BCUT2D eigenvalue weighted by atomic mass is 10.1. The van der Waals surface area contributed by atoms with Crippen molar-refractivity contribution in [3.8, 4) is 11.8 Å². The Kier molecular flexibility index (Phi) is 6.70. The number of halogens is 2. The Bertz CT molecular complexity index is 878. The van der Waals surface area contributed by atoms with Gasteiger partial charge in [-0.1, -0.05) is 18.5 Å². The van der Waals surface area contributed by atoms with Gasteiger partial charge >= 0.3 is 0 Å². The van der Waals surface area contributed by atoms with Crippen molar-refractivity contribution in [1.82, 2.24) is 5.43 Å². The molecule has 0 spiro atoms. The topological polar surface area (TPSA) is 74.5 Å². The number of nitriles is 1. The Hall–Kier alpha value is -2.91. The Balaban J connectivity index is 2.03. The van der Waals surface area contributed by atoms with Gasteiger partial charge in [-0.3, -0.25) is 4.79 Å². The van der Waals surface area contributed by atoms with Gasteiger partial charge in [-0.2, -0.15) is 10.4 Å². The average Bonchev–Trinajstić information content (AvgIpc) is 2.63. The zero-order valence-electron chi connectivity index (χ0n) is 14.3. The van der Waals surface area contributed by atoms with Crippen molar-refractivity contribution in [3.63, 3.8) is 0 Å². The summed E-state index contributed by atoms with van der Waals surface area (Å²) in [5.74, 6) is -0.931. The van der Waals surface area contributed by atoms with Gasteiger partial charge in [0.25, 0.3) is 5.91 Å². The molecule has 5 nitrogen and oxygen atoms in total. The number of carbonyl (C=O) groups excluding carboxylic acids is 1. The summed E-state index contributed by atoms with van der Waals surface area (Å²) in [6.45, 7) is 3.96. The van der Waals surface area contributed by atoms with E-state index >= 15 is 0 Å². The molecule has 0 aliphatic carbocycles. The van der Waals surface area contributed by atoms with Crippen molar-refractivity contribution < 1.29 is 13.9 Å². The number of ether oxygens (including phenoxy) is 1. The van der Waals surface area contributed by atoms with Crippen LogP contribution in [0.4, 0.5) is 4.39 Å². The van der Waals surface area contributed by atoms with E-state index < -0.39 is 11.7 Å². The smallest absolute Gasteiger partial charge is 0.274 e. The molecule has 134 valence electrons. The third-order valence-electron chi connectivity index (χ3n) is 3.58. The lowest BCUT2D eigenvalue weighted by Crippen LogP contribution is -2.19. The minimum atomic E-state index is -0.786. The summed E-state index contributed by atoms with van der Waals surface area (Å²) in [7, 11) is 0. The van der Waals surface area contributed by atoms with E-state index in [4.69, 9.17) is 21.6 Å². The Morgan fingerprint density at radius 2 is 2.19 bits per heavy atom. The van der Waals surface area contributed by atoms with E-state index in [9.17, 15) is 9.18 Å². The van der Waals surface area contributed by atoms with Crippen LogP contribution in [-0.2, 0) is 0 Å². The Labute approximate surface area is 156 Å². The molecule has 0 fully saturated rings. The highest BCUT2D eigenvalue weighted by atomic mass is 35.5. The third-order valence-corrected chi connectivity index (χ3v) is 3.88. The van der Waals surface area contributed by atoms with Crippen LogP contribution in [0.5, 0.6) is 5.75 Å². The summed E-state index contributed by atoms with van der Waals surface area (Å²) in [6.07, 6.45) is 2.30. The van der Waals surface area contributed by atoms with Gasteiger partial charge in [-0.05, 0) is 55.3 Å². The fourth-order valence-electron chi connectivity index (χ4n) is 1.99. The van der Waals surface area contributed by atoms with Gasteiger partial charge < -0.3 is 4.74 Å². The quantitative estimate of drug-likeness (QED) is 0.606. The third kappa shape index (κ3) is 5.04.